The molecule has 1 aromatic carbocycles. The standard InChI is InChI=1S/C20H24F3N3O2/c1-12-3-4-13-10-18(7-5-14(28-2)6-8-18)20(15(13)9-12)16(27)26(17(24)25-20)11-19(21,22)23/h3-4,9,14H,5-8,10-11H2,1-2H3,(H2,24,25). The Morgan fingerprint density at radius 1 is 1.32 bits per heavy atom. The van der Waals surface area contributed by atoms with Crippen molar-refractivity contribution in [1.29, 1.82) is 0 Å². The number of alkyl halides is 3. The Hall–Kier alpha value is -2.09. The maximum atomic E-state index is 13.5. The summed E-state index contributed by atoms with van der Waals surface area (Å²) < 4.78 is 44.8. The second-order valence-corrected chi connectivity index (χ2v) is 8.24. The van der Waals surface area contributed by atoms with E-state index >= 15 is 0 Å². The number of fused-ring (bicyclic) bond motifs is 3. The molecule has 4 rings (SSSR count). The minimum atomic E-state index is -4.55. The van der Waals surface area contributed by atoms with Crippen LogP contribution in [0.2, 0.25) is 0 Å². The van der Waals surface area contributed by atoms with Crippen molar-refractivity contribution in [2.75, 3.05) is 13.7 Å². The molecule has 3 aliphatic rings. The summed E-state index contributed by atoms with van der Waals surface area (Å²) in [7, 11) is 1.66. The summed E-state index contributed by atoms with van der Waals surface area (Å²) in [4.78, 5) is 18.6. The molecule has 1 atom stereocenters. The van der Waals surface area contributed by atoms with Crippen LogP contribution >= 0.6 is 0 Å². The number of nitrogens with two attached hydrogens (primary N) is 1. The van der Waals surface area contributed by atoms with Crippen LogP contribution in [0.25, 0.3) is 0 Å². The predicted molar refractivity (Wildman–Crippen MR) is 97.6 cm³/mol. The molecule has 1 amide bonds. The maximum absolute atomic E-state index is 13.5. The van der Waals surface area contributed by atoms with Crippen LogP contribution < -0.4 is 5.73 Å². The van der Waals surface area contributed by atoms with E-state index in [-0.39, 0.29) is 12.1 Å². The SMILES string of the molecule is COC1CCC2(CC1)Cc1ccc(C)cc1C21N=C(N)N(CC(F)(F)F)C1=O. The van der Waals surface area contributed by atoms with Crippen molar-refractivity contribution in [3.05, 3.63) is 34.9 Å². The van der Waals surface area contributed by atoms with Gasteiger partial charge in [-0.2, -0.15) is 13.2 Å². The lowest BCUT2D eigenvalue weighted by Gasteiger charge is -2.45. The summed E-state index contributed by atoms with van der Waals surface area (Å²) in [5.74, 6) is -0.993. The molecule has 1 aliphatic heterocycles. The fourth-order valence-corrected chi connectivity index (χ4v) is 5.31. The summed E-state index contributed by atoms with van der Waals surface area (Å²) in [6, 6.07) is 5.82. The highest BCUT2D eigenvalue weighted by molar-refractivity contribution is 6.08. The minimum absolute atomic E-state index is 0.0947. The van der Waals surface area contributed by atoms with Gasteiger partial charge in [-0.1, -0.05) is 23.8 Å². The molecule has 5 nitrogen and oxygen atoms in total. The number of carbonyl (C=O) groups is 1. The third-order valence-electron chi connectivity index (χ3n) is 6.63. The first-order valence-corrected chi connectivity index (χ1v) is 9.49. The van der Waals surface area contributed by atoms with Crippen LogP contribution in [0.1, 0.15) is 42.4 Å². The Labute approximate surface area is 161 Å². The lowest BCUT2D eigenvalue weighted by Crippen LogP contribution is -2.53. The first-order valence-electron chi connectivity index (χ1n) is 9.49. The van der Waals surface area contributed by atoms with Gasteiger partial charge in [0, 0.05) is 12.5 Å². The van der Waals surface area contributed by atoms with Crippen molar-refractivity contribution in [2.24, 2.45) is 16.1 Å². The van der Waals surface area contributed by atoms with Gasteiger partial charge in [0.25, 0.3) is 5.91 Å². The molecule has 1 unspecified atom stereocenters. The smallest absolute Gasteiger partial charge is 0.381 e. The average molecular weight is 395 g/mol. The number of carbonyl (C=O) groups excluding carboxylic acids is 1. The second kappa shape index (κ2) is 6.20. The van der Waals surface area contributed by atoms with E-state index in [0.29, 0.717) is 29.7 Å². The number of hydrogen-bond acceptors (Lipinski definition) is 4. The molecule has 152 valence electrons. The quantitative estimate of drug-likeness (QED) is 0.837. The molecular formula is C20H24F3N3O2. The number of ether oxygens (including phenoxy) is 1. The lowest BCUT2D eigenvalue weighted by atomic mass is 9.61. The maximum Gasteiger partial charge on any atom is 0.406 e. The van der Waals surface area contributed by atoms with E-state index in [0.717, 1.165) is 24.0 Å². The number of aryl methyl sites for hydroxylation is 1. The molecule has 2 aliphatic carbocycles. The van der Waals surface area contributed by atoms with Crippen molar-refractivity contribution in [1.82, 2.24) is 4.90 Å². The number of hydrogen-bond donors (Lipinski definition) is 1. The van der Waals surface area contributed by atoms with Gasteiger partial charge in [-0.15, -0.1) is 0 Å². The van der Waals surface area contributed by atoms with E-state index in [9.17, 15) is 18.0 Å². The molecule has 0 radical (unpaired) electrons. The molecule has 0 aromatic heterocycles. The van der Waals surface area contributed by atoms with Crippen LogP contribution in [0.5, 0.6) is 0 Å². The number of aliphatic imine (C=N–C) groups is 1. The summed E-state index contributed by atoms with van der Waals surface area (Å²) in [5, 5.41) is 0. The van der Waals surface area contributed by atoms with Gasteiger partial charge in [0.05, 0.1) is 6.10 Å². The van der Waals surface area contributed by atoms with Crippen LogP contribution in [-0.2, 0) is 21.5 Å². The van der Waals surface area contributed by atoms with Crippen LogP contribution in [0.15, 0.2) is 23.2 Å². The van der Waals surface area contributed by atoms with Crippen molar-refractivity contribution in [3.8, 4) is 0 Å². The van der Waals surface area contributed by atoms with E-state index in [1.165, 1.54) is 0 Å². The van der Waals surface area contributed by atoms with E-state index in [4.69, 9.17) is 10.5 Å². The van der Waals surface area contributed by atoms with Gasteiger partial charge in [-0.3, -0.25) is 9.69 Å². The van der Waals surface area contributed by atoms with Gasteiger partial charge in [-0.25, -0.2) is 4.99 Å². The first kappa shape index (κ1) is 19.2. The number of rotatable bonds is 2. The second-order valence-electron chi connectivity index (χ2n) is 8.24. The zero-order chi connectivity index (χ0) is 20.3. The number of amides is 1. The van der Waals surface area contributed by atoms with Gasteiger partial charge < -0.3 is 10.5 Å². The molecule has 28 heavy (non-hydrogen) atoms. The molecule has 1 fully saturated rings. The summed E-state index contributed by atoms with van der Waals surface area (Å²) >= 11 is 0. The number of nitrogens with zero attached hydrogens (tertiary/aromatic N) is 2. The van der Waals surface area contributed by atoms with Crippen molar-refractivity contribution >= 4 is 11.9 Å². The lowest BCUT2D eigenvalue weighted by molar-refractivity contribution is -0.158. The normalized spacial score (nSPS) is 32.3. The average Bonchev–Trinajstić information content (AvgIpc) is 3.03. The fraction of sp³-hybridized carbons (Fsp3) is 0.600. The molecule has 8 heteroatoms. The van der Waals surface area contributed by atoms with Gasteiger partial charge >= 0.3 is 6.18 Å². The van der Waals surface area contributed by atoms with Crippen molar-refractivity contribution < 1.29 is 22.7 Å². The highest BCUT2D eigenvalue weighted by atomic mass is 19.4. The summed E-state index contributed by atoms with van der Waals surface area (Å²) in [6.07, 6.45) is -1.04. The topological polar surface area (TPSA) is 67.9 Å². The summed E-state index contributed by atoms with van der Waals surface area (Å²) in [6.45, 7) is 0.488. The molecule has 2 N–H and O–H groups in total. The summed E-state index contributed by atoms with van der Waals surface area (Å²) in [5.41, 5.74) is 6.58. The van der Waals surface area contributed by atoms with Crippen molar-refractivity contribution in [3.63, 3.8) is 0 Å². The first-order chi connectivity index (χ1) is 13.1. The number of halogens is 3. The minimum Gasteiger partial charge on any atom is -0.381 e. The van der Waals surface area contributed by atoms with E-state index in [1.54, 1.807) is 7.11 Å². The third kappa shape index (κ3) is 2.64. The van der Waals surface area contributed by atoms with Crippen LogP contribution in [0.3, 0.4) is 0 Å². The molecule has 2 spiro atoms. The molecule has 0 saturated heterocycles. The van der Waals surface area contributed by atoms with Crippen molar-refractivity contribution in [2.45, 2.75) is 56.8 Å². The largest absolute Gasteiger partial charge is 0.406 e. The van der Waals surface area contributed by atoms with Crippen LogP contribution in [0, 0.1) is 12.3 Å². The number of benzene rings is 1. The Morgan fingerprint density at radius 2 is 2.00 bits per heavy atom. The highest BCUT2D eigenvalue weighted by Crippen LogP contribution is 2.62. The van der Waals surface area contributed by atoms with Gasteiger partial charge in [0.1, 0.15) is 6.54 Å². The number of guanidine groups is 1. The zero-order valence-corrected chi connectivity index (χ0v) is 16.0. The number of methoxy groups -OCH3 is 1. The van der Waals surface area contributed by atoms with Crippen LogP contribution in [0.4, 0.5) is 13.2 Å². The van der Waals surface area contributed by atoms with E-state index < -0.39 is 29.6 Å². The van der Waals surface area contributed by atoms with Gasteiger partial charge in [0.2, 0.25) is 0 Å². The third-order valence-corrected chi connectivity index (χ3v) is 6.63. The molecule has 0 bridgehead atoms. The Kier molecular flexibility index (Phi) is 4.26. The Morgan fingerprint density at radius 3 is 2.61 bits per heavy atom. The van der Waals surface area contributed by atoms with E-state index in [2.05, 4.69) is 4.99 Å². The molecule has 1 saturated carbocycles. The Balaban J connectivity index is 1.84. The molecule has 1 heterocycles. The zero-order valence-electron chi connectivity index (χ0n) is 16.0. The Bertz CT molecular complexity index is 844. The van der Waals surface area contributed by atoms with E-state index in [1.807, 2.05) is 25.1 Å². The van der Waals surface area contributed by atoms with Gasteiger partial charge in [-0.05, 0) is 50.2 Å². The van der Waals surface area contributed by atoms with Crippen LogP contribution in [-0.4, -0.2) is 42.7 Å². The molecule has 1 aromatic rings. The monoisotopic (exact) mass is 395 g/mol. The highest BCUT2D eigenvalue weighted by Gasteiger charge is 2.67. The molecular weight excluding hydrogens is 371 g/mol. The predicted octanol–water partition coefficient (Wildman–Crippen LogP) is 3.04. The fourth-order valence-electron chi connectivity index (χ4n) is 5.31. The van der Waals surface area contributed by atoms with Gasteiger partial charge in [0.15, 0.2) is 11.5 Å².